The van der Waals surface area contributed by atoms with Crippen molar-refractivity contribution >= 4 is 16.2 Å². The molecule has 1 aromatic heterocycles. The maximum Gasteiger partial charge on any atom is 0.307 e. The molecule has 0 radical (unpaired) electrons. The summed E-state index contributed by atoms with van der Waals surface area (Å²) in [5, 5.41) is 15.2. The normalized spacial score (nSPS) is 22.6. The van der Waals surface area contributed by atoms with Gasteiger partial charge in [-0.15, -0.1) is 0 Å². The highest BCUT2D eigenvalue weighted by molar-refractivity contribution is 7.87. The zero-order valence-corrected chi connectivity index (χ0v) is 11.8. The molecule has 1 aliphatic heterocycles. The van der Waals surface area contributed by atoms with Gasteiger partial charge in [-0.2, -0.15) is 22.5 Å². The van der Waals surface area contributed by atoms with Crippen molar-refractivity contribution in [3.8, 4) is 0 Å². The van der Waals surface area contributed by atoms with Crippen molar-refractivity contribution in [1.82, 2.24) is 24.2 Å². The van der Waals surface area contributed by atoms with Crippen molar-refractivity contribution < 1.29 is 18.3 Å². The Bertz CT molecular complexity index is 558. The molecule has 2 rings (SSSR count). The number of nitrogens with zero attached hydrogens (tertiary/aromatic N) is 3. The van der Waals surface area contributed by atoms with E-state index in [4.69, 9.17) is 5.11 Å². The van der Waals surface area contributed by atoms with E-state index in [2.05, 4.69) is 19.9 Å². The van der Waals surface area contributed by atoms with Crippen LogP contribution in [0.25, 0.3) is 0 Å². The lowest BCUT2D eigenvalue weighted by molar-refractivity contribution is -0.142. The Morgan fingerprint density at radius 1 is 1.65 bits per heavy atom. The fourth-order valence-corrected chi connectivity index (χ4v) is 3.59. The minimum absolute atomic E-state index is 0.00616. The summed E-state index contributed by atoms with van der Waals surface area (Å²) < 4.78 is 28.1. The minimum Gasteiger partial charge on any atom is -0.481 e. The molecule has 0 aromatic carbocycles. The van der Waals surface area contributed by atoms with Gasteiger partial charge in [0.1, 0.15) is 12.2 Å². The van der Waals surface area contributed by atoms with E-state index in [1.807, 2.05) is 0 Å². The number of aliphatic carboxylic acids is 1. The van der Waals surface area contributed by atoms with Gasteiger partial charge in [0, 0.05) is 13.1 Å². The summed E-state index contributed by atoms with van der Waals surface area (Å²) in [6.07, 6.45) is 2.33. The van der Waals surface area contributed by atoms with Crippen LogP contribution in [0, 0.1) is 5.92 Å². The zero-order chi connectivity index (χ0) is 14.8. The van der Waals surface area contributed by atoms with Gasteiger partial charge in [0.2, 0.25) is 0 Å². The highest BCUT2D eigenvalue weighted by Gasteiger charge is 2.33. The van der Waals surface area contributed by atoms with Gasteiger partial charge in [-0.25, -0.2) is 4.98 Å². The van der Waals surface area contributed by atoms with E-state index in [0.717, 1.165) is 0 Å². The summed E-state index contributed by atoms with van der Waals surface area (Å²) in [5.74, 6) is -1.21. The highest BCUT2D eigenvalue weighted by atomic mass is 32.2. The van der Waals surface area contributed by atoms with Crippen molar-refractivity contribution in [3.63, 3.8) is 0 Å². The maximum absolute atomic E-state index is 12.2. The quantitative estimate of drug-likeness (QED) is 0.672. The number of carboxylic acids is 1. The number of carboxylic acid groups (broad SMARTS) is 1. The SMILES string of the molecule is CC(NS(=O)(=O)N1CCCC(C(=O)O)C1)c1ncn[nH]1. The number of hydrogen-bond donors (Lipinski definition) is 3. The number of carbonyl (C=O) groups is 1. The smallest absolute Gasteiger partial charge is 0.307 e. The van der Waals surface area contributed by atoms with Crippen LogP contribution in [-0.2, 0) is 15.0 Å². The van der Waals surface area contributed by atoms with Crippen LogP contribution in [-0.4, -0.2) is 52.1 Å². The molecule has 112 valence electrons. The van der Waals surface area contributed by atoms with Gasteiger partial charge in [-0.3, -0.25) is 9.89 Å². The largest absolute Gasteiger partial charge is 0.481 e. The Kier molecular flexibility index (Phi) is 4.35. The van der Waals surface area contributed by atoms with Gasteiger partial charge in [0.25, 0.3) is 10.2 Å². The number of piperidine rings is 1. The third-order valence-corrected chi connectivity index (χ3v) is 4.91. The fourth-order valence-electron chi connectivity index (χ4n) is 2.14. The number of aromatic amines is 1. The van der Waals surface area contributed by atoms with E-state index in [9.17, 15) is 13.2 Å². The first-order chi connectivity index (χ1) is 9.40. The summed E-state index contributed by atoms with van der Waals surface area (Å²) in [4.78, 5) is 14.9. The summed E-state index contributed by atoms with van der Waals surface area (Å²) in [7, 11) is -3.74. The van der Waals surface area contributed by atoms with Crippen LogP contribution in [0.4, 0.5) is 0 Å². The van der Waals surface area contributed by atoms with Crippen LogP contribution in [0.5, 0.6) is 0 Å². The molecule has 9 nitrogen and oxygen atoms in total. The minimum atomic E-state index is -3.74. The first-order valence-electron chi connectivity index (χ1n) is 6.25. The molecule has 2 atom stereocenters. The predicted octanol–water partition coefficient (Wildman–Crippen LogP) is -0.503. The summed E-state index contributed by atoms with van der Waals surface area (Å²) in [5.41, 5.74) is 0. The topological polar surface area (TPSA) is 128 Å². The molecular weight excluding hydrogens is 286 g/mol. The van der Waals surface area contributed by atoms with Crippen molar-refractivity contribution in [2.24, 2.45) is 5.92 Å². The third-order valence-electron chi connectivity index (χ3n) is 3.24. The Labute approximate surface area is 116 Å². The lowest BCUT2D eigenvalue weighted by atomic mass is 10.0. The lowest BCUT2D eigenvalue weighted by Crippen LogP contribution is -2.48. The molecule has 2 heterocycles. The number of nitrogens with one attached hydrogen (secondary N) is 2. The molecular formula is C10H17N5O4S. The standard InChI is InChI=1S/C10H17N5O4S/c1-7(9-11-6-12-13-9)14-20(18,19)15-4-2-3-8(5-15)10(16)17/h6-8,14H,2-5H2,1H3,(H,16,17)(H,11,12,13). The molecule has 1 fully saturated rings. The van der Waals surface area contributed by atoms with Crippen LogP contribution < -0.4 is 4.72 Å². The third kappa shape index (κ3) is 3.32. The molecule has 0 amide bonds. The van der Waals surface area contributed by atoms with Crippen LogP contribution >= 0.6 is 0 Å². The van der Waals surface area contributed by atoms with Gasteiger partial charge in [0.15, 0.2) is 0 Å². The van der Waals surface area contributed by atoms with Gasteiger partial charge >= 0.3 is 5.97 Å². The van der Waals surface area contributed by atoms with Gasteiger partial charge in [0.05, 0.1) is 12.0 Å². The molecule has 0 spiro atoms. The zero-order valence-electron chi connectivity index (χ0n) is 11.0. The Balaban J connectivity index is 2.04. The van der Waals surface area contributed by atoms with Crippen molar-refractivity contribution in [1.29, 1.82) is 0 Å². The maximum atomic E-state index is 12.2. The van der Waals surface area contributed by atoms with Crippen LogP contribution in [0.1, 0.15) is 31.6 Å². The summed E-state index contributed by atoms with van der Waals surface area (Å²) in [6.45, 7) is 1.95. The van der Waals surface area contributed by atoms with E-state index in [-0.39, 0.29) is 6.54 Å². The Hall–Kier alpha value is -1.52. The van der Waals surface area contributed by atoms with E-state index in [1.165, 1.54) is 10.6 Å². The van der Waals surface area contributed by atoms with Crippen LogP contribution in [0.3, 0.4) is 0 Å². The second kappa shape index (κ2) is 5.85. The number of aromatic nitrogens is 3. The van der Waals surface area contributed by atoms with E-state index >= 15 is 0 Å². The van der Waals surface area contributed by atoms with Gasteiger partial charge in [-0.05, 0) is 19.8 Å². The van der Waals surface area contributed by atoms with Crippen molar-refractivity contribution in [2.75, 3.05) is 13.1 Å². The summed E-state index contributed by atoms with van der Waals surface area (Å²) >= 11 is 0. The number of hydrogen-bond acceptors (Lipinski definition) is 5. The molecule has 2 unspecified atom stereocenters. The Morgan fingerprint density at radius 2 is 2.40 bits per heavy atom. The average Bonchev–Trinajstić information content (AvgIpc) is 2.92. The molecule has 1 aromatic rings. The second-order valence-corrected chi connectivity index (χ2v) is 6.45. The first-order valence-corrected chi connectivity index (χ1v) is 7.69. The molecule has 3 N–H and O–H groups in total. The number of H-pyrrole nitrogens is 1. The van der Waals surface area contributed by atoms with Crippen LogP contribution in [0.15, 0.2) is 6.33 Å². The van der Waals surface area contributed by atoms with Gasteiger partial charge in [-0.1, -0.05) is 0 Å². The van der Waals surface area contributed by atoms with E-state index in [1.54, 1.807) is 6.92 Å². The average molecular weight is 303 g/mol. The molecule has 1 aliphatic rings. The monoisotopic (exact) mass is 303 g/mol. The predicted molar refractivity (Wildman–Crippen MR) is 68.8 cm³/mol. The van der Waals surface area contributed by atoms with E-state index < -0.39 is 28.1 Å². The molecule has 0 saturated carbocycles. The Morgan fingerprint density at radius 3 is 3.00 bits per heavy atom. The summed E-state index contributed by atoms with van der Waals surface area (Å²) in [6, 6.07) is -0.562. The highest BCUT2D eigenvalue weighted by Crippen LogP contribution is 2.20. The molecule has 20 heavy (non-hydrogen) atoms. The number of rotatable bonds is 5. The van der Waals surface area contributed by atoms with Crippen LogP contribution in [0.2, 0.25) is 0 Å². The van der Waals surface area contributed by atoms with Gasteiger partial charge < -0.3 is 5.11 Å². The fraction of sp³-hybridized carbons (Fsp3) is 0.700. The molecule has 0 aliphatic carbocycles. The van der Waals surface area contributed by atoms with Crippen molar-refractivity contribution in [2.45, 2.75) is 25.8 Å². The lowest BCUT2D eigenvalue weighted by Gasteiger charge is -2.30. The molecule has 1 saturated heterocycles. The first kappa shape index (κ1) is 14.9. The second-order valence-electron chi connectivity index (χ2n) is 4.75. The molecule has 10 heteroatoms. The molecule has 0 bridgehead atoms. The van der Waals surface area contributed by atoms with E-state index in [0.29, 0.717) is 25.2 Å². The van der Waals surface area contributed by atoms with Crippen molar-refractivity contribution in [3.05, 3.63) is 12.2 Å².